The topological polar surface area (TPSA) is 46.5 Å². The summed E-state index contributed by atoms with van der Waals surface area (Å²) in [7, 11) is 0. The molecule has 2 aromatic carbocycles. The van der Waals surface area contributed by atoms with Gasteiger partial charge in [-0.15, -0.1) is 0 Å². The first kappa shape index (κ1) is 15.1. The van der Waals surface area contributed by atoms with Crippen molar-refractivity contribution in [3.8, 4) is 5.75 Å². The Labute approximate surface area is 125 Å². The molecule has 0 bridgehead atoms. The molecule has 0 amide bonds. The molecule has 2 aromatic rings. The van der Waals surface area contributed by atoms with Crippen LogP contribution >= 0.6 is 0 Å². The summed E-state index contributed by atoms with van der Waals surface area (Å²) in [5.74, 6) is -0.150. The van der Waals surface area contributed by atoms with Crippen molar-refractivity contribution in [2.45, 2.75) is 33.8 Å². The van der Waals surface area contributed by atoms with Gasteiger partial charge in [0.1, 0.15) is 12.4 Å². The van der Waals surface area contributed by atoms with Gasteiger partial charge in [0.2, 0.25) is 0 Å². The van der Waals surface area contributed by atoms with Crippen LogP contribution in [-0.4, -0.2) is 11.1 Å². The van der Waals surface area contributed by atoms with Crippen molar-refractivity contribution in [2.75, 3.05) is 0 Å². The van der Waals surface area contributed by atoms with E-state index < -0.39 is 5.97 Å². The lowest BCUT2D eigenvalue weighted by molar-refractivity contribution is 0.0696. The number of hydrogen-bond donors (Lipinski definition) is 1. The Morgan fingerprint density at radius 1 is 1.05 bits per heavy atom. The number of rotatable bonds is 5. The van der Waals surface area contributed by atoms with Gasteiger partial charge in [-0.2, -0.15) is 0 Å². The SMILES string of the molecule is CCc1ccc(COc2c(C)cc(C(=O)O)cc2C)cc1. The molecule has 0 fully saturated rings. The van der Waals surface area contributed by atoms with Crippen LogP contribution in [0.1, 0.15) is 39.5 Å². The molecule has 1 N–H and O–H groups in total. The number of carboxylic acids is 1. The maximum absolute atomic E-state index is 11.0. The van der Waals surface area contributed by atoms with E-state index in [2.05, 4.69) is 31.2 Å². The number of carboxylic acid groups (broad SMARTS) is 1. The van der Waals surface area contributed by atoms with Gasteiger partial charge in [-0.05, 0) is 54.7 Å². The summed E-state index contributed by atoms with van der Waals surface area (Å²) in [6.07, 6.45) is 1.02. The molecule has 0 aliphatic carbocycles. The lowest BCUT2D eigenvalue weighted by Gasteiger charge is -2.13. The molecule has 0 saturated heterocycles. The molecule has 0 saturated carbocycles. The maximum Gasteiger partial charge on any atom is 0.335 e. The van der Waals surface area contributed by atoms with Gasteiger partial charge in [-0.25, -0.2) is 4.79 Å². The highest BCUT2D eigenvalue weighted by molar-refractivity contribution is 5.88. The molecular formula is C18H20O3. The molecule has 0 heterocycles. The van der Waals surface area contributed by atoms with Gasteiger partial charge in [-0.3, -0.25) is 0 Å². The highest BCUT2D eigenvalue weighted by atomic mass is 16.5. The molecule has 0 aromatic heterocycles. The zero-order valence-electron chi connectivity index (χ0n) is 12.6. The van der Waals surface area contributed by atoms with E-state index in [1.54, 1.807) is 12.1 Å². The predicted molar refractivity (Wildman–Crippen MR) is 83.0 cm³/mol. The van der Waals surface area contributed by atoms with E-state index in [1.807, 2.05) is 13.8 Å². The van der Waals surface area contributed by atoms with E-state index in [9.17, 15) is 4.79 Å². The van der Waals surface area contributed by atoms with Crippen molar-refractivity contribution >= 4 is 5.97 Å². The van der Waals surface area contributed by atoms with E-state index in [1.165, 1.54) is 5.56 Å². The molecule has 3 nitrogen and oxygen atoms in total. The predicted octanol–water partition coefficient (Wildman–Crippen LogP) is 4.14. The Bertz CT molecular complexity index is 619. The molecule has 110 valence electrons. The third kappa shape index (κ3) is 3.63. The molecule has 21 heavy (non-hydrogen) atoms. The standard InChI is InChI=1S/C18H20O3/c1-4-14-5-7-15(8-6-14)11-21-17-12(2)9-16(18(19)20)10-13(17)3/h5-10H,4,11H2,1-3H3,(H,19,20). The fourth-order valence-corrected chi connectivity index (χ4v) is 2.33. The van der Waals surface area contributed by atoms with Crippen LogP contribution in [0.2, 0.25) is 0 Å². The summed E-state index contributed by atoms with van der Waals surface area (Å²) in [5, 5.41) is 9.04. The van der Waals surface area contributed by atoms with Gasteiger partial charge in [-0.1, -0.05) is 31.2 Å². The van der Waals surface area contributed by atoms with Crippen molar-refractivity contribution in [1.82, 2.24) is 0 Å². The Morgan fingerprint density at radius 3 is 2.05 bits per heavy atom. The number of hydrogen-bond acceptors (Lipinski definition) is 2. The number of benzene rings is 2. The lowest BCUT2D eigenvalue weighted by atomic mass is 10.1. The number of aromatic carboxylic acids is 1. The van der Waals surface area contributed by atoms with E-state index in [4.69, 9.17) is 9.84 Å². The molecule has 2 rings (SSSR count). The van der Waals surface area contributed by atoms with Crippen molar-refractivity contribution in [2.24, 2.45) is 0 Å². The van der Waals surface area contributed by atoms with Crippen molar-refractivity contribution in [3.63, 3.8) is 0 Å². The van der Waals surface area contributed by atoms with Crippen LogP contribution in [0.4, 0.5) is 0 Å². The van der Waals surface area contributed by atoms with Crippen LogP contribution < -0.4 is 4.74 Å². The molecule has 0 unspecified atom stereocenters. The summed E-state index contributed by atoms with van der Waals surface area (Å²) in [6.45, 7) is 6.35. The average molecular weight is 284 g/mol. The zero-order chi connectivity index (χ0) is 15.4. The van der Waals surface area contributed by atoms with Gasteiger partial charge in [0.15, 0.2) is 0 Å². The third-order valence-corrected chi connectivity index (χ3v) is 3.52. The summed E-state index contributed by atoms with van der Waals surface area (Å²) in [6, 6.07) is 11.6. The largest absolute Gasteiger partial charge is 0.488 e. The molecule has 0 aliphatic heterocycles. The maximum atomic E-state index is 11.0. The van der Waals surface area contributed by atoms with Gasteiger partial charge < -0.3 is 9.84 Å². The first-order valence-electron chi connectivity index (χ1n) is 7.06. The first-order chi connectivity index (χ1) is 10.0. The van der Waals surface area contributed by atoms with Crippen LogP contribution in [0.5, 0.6) is 5.75 Å². The molecule has 0 aliphatic rings. The van der Waals surface area contributed by atoms with E-state index >= 15 is 0 Å². The van der Waals surface area contributed by atoms with E-state index in [-0.39, 0.29) is 0 Å². The van der Waals surface area contributed by atoms with E-state index in [0.717, 1.165) is 28.9 Å². The average Bonchev–Trinajstić information content (AvgIpc) is 2.46. The number of carbonyl (C=O) groups is 1. The fourth-order valence-electron chi connectivity index (χ4n) is 2.33. The minimum Gasteiger partial charge on any atom is -0.488 e. The minimum atomic E-state index is -0.914. The van der Waals surface area contributed by atoms with Crippen LogP contribution in [0.15, 0.2) is 36.4 Å². The summed E-state index contributed by atoms with van der Waals surface area (Å²) in [4.78, 5) is 11.0. The highest BCUT2D eigenvalue weighted by Gasteiger charge is 2.10. The quantitative estimate of drug-likeness (QED) is 0.897. The molecule has 0 radical (unpaired) electrons. The summed E-state index contributed by atoms with van der Waals surface area (Å²) < 4.78 is 5.87. The Kier molecular flexibility index (Phi) is 4.63. The summed E-state index contributed by atoms with van der Waals surface area (Å²) in [5.41, 5.74) is 4.39. The van der Waals surface area contributed by atoms with Crippen LogP contribution in [0.3, 0.4) is 0 Å². The second-order valence-electron chi connectivity index (χ2n) is 5.20. The highest BCUT2D eigenvalue weighted by Crippen LogP contribution is 2.26. The zero-order valence-corrected chi connectivity index (χ0v) is 12.6. The minimum absolute atomic E-state index is 0.296. The van der Waals surface area contributed by atoms with Crippen LogP contribution in [0.25, 0.3) is 0 Å². The molecular weight excluding hydrogens is 264 g/mol. The van der Waals surface area contributed by atoms with Crippen LogP contribution in [-0.2, 0) is 13.0 Å². The number of ether oxygens (including phenoxy) is 1. The van der Waals surface area contributed by atoms with Crippen LogP contribution in [0, 0.1) is 13.8 Å². The van der Waals surface area contributed by atoms with Crippen molar-refractivity contribution in [3.05, 3.63) is 64.2 Å². The Morgan fingerprint density at radius 2 is 1.57 bits per heavy atom. The lowest BCUT2D eigenvalue weighted by Crippen LogP contribution is -2.03. The number of aryl methyl sites for hydroxylation is 3. The van der Waals surface area contributed by atoms with Crippen molar-refractivity contribution in [1.29, 1.82) is 0 Å². The smallest absolute Gasteiger partial charge is 0.335 e. The monoisotopic (exact) mass is 284 g/mol. The Hall–Kier alpha value is -2.29. The third-order valence-electron chi connectivity index (χ3n) is 3.52. The van der Waals surface area contributed by atoms with Gasteiger partial charge in [0.25, 0.3) is 0 Å². The second-order valence-corrected chi connectivity index (χ2v) is 5.20. The van der Waals surface area contributed by atoms with Gasteiger partial charge >= 0.3 is 5.97 Å². The summed E-state index contributed by atoms with van der Waals surface area (Å²) >= 11 is 0. The van der Waals surface area contributed by atoms with E-state index in [0.29, 0.717) is 12.2 Å². The van der Waals surface area contributed by atoms with Gasteiger partial charge in [0.05, 0.1) is 5.56 Å². The molecule has 0 atom stereocenters. The van der Waals surface area contributed by atoms with Gasteiger partial charge in [0, 0.05) is 0 Å². The van der Waals surface area contributed by atoms with Crippen molar-refractivity contribution < 1.29 is 14.6 Å². The second kappa shape index (κ2) is 6.44. The molecule has 3 heteroatoms. The first-order valence-corrected chi connectivity index (χ1v) is 7.06. The molecule has 0 spiro atoms. The Balaban J connectivity index is 2.14. The normalized spacial score (nSPS) is 10.4. The fraction of sp³-hybridized carbons (Fsp3) is 0.278.